The molecule has 160 valence electrons. The van der Waals surface area contributed by atoms with Crippen LogP contribution in [0.1, 0.15) is 46.0 Å². The minimum absolute atomic E-state index is 0.291. The predicted molar refractivity (Wildman–Crippen MR) is 124 cm³/mol. The second-order valence-corrected chi connectivity index (χ2v) is 8.57. The van der Waals surface area contributed by atoms with Crippen LogP contribution in [0.2, 0.25) is 5.02 Å². The second kappa shape index (κ2) is 9.65. The van der Waals surface area contributed by atoms with Crippen LogP contribution >= 0.6 is 11.6 Å². The molecule has 5 heteroatoms. The van der Waals surface area contributed by atoms with Crippen LogP contribution in [0, 0.1) is 0 Å². The molecule has 0 aromatic heterocycles. The summed E-state index contributed by atoms with van der Waals surface area (Å²) in [5.74, 6) is -0.914. The molecular weight excluding hydrogens is 410 g/mol. The van der Waals surface area contributed by atoms with Gasteiger partial charge in [0.15, 0.2) is 0 Å². The fraction of sp³-hybridized carbons (Fsp3) is 0.269. The first-order valence-corrected chi connectivity index (χ1v) is 11.0. The summed E-state index contributed by atoms with van der Waals surface area (Å²) in [6.07, 6.45) is 3.51. The summed E-state index contributed by atoms with van der Waals surface area (Å²) in [5, 5.41) is 23.8. The smallest absolute Gasteiger partial charge is 0.335 e. The lowest BCUT2D eigenvalue weighted by atomic mass is 9.95. The third-order valence-corrected chi connectivity index (χ3v) is 6.20. The average molecular weight is 436 g/mol. The van der Waals surface area contributed by atoms with Gasteiger partial charge in [0.1, 0.15) is 0 Å². The van der Waals surface area contributed by atoms with Crippen LogP contribution in [-0.4, -0.2) is 28.8 Å². The van der Waals surface area contributed by atoms with Crippen molar-refractivity contribution in [3.05, 3.63) is 94.0 Å². The number of hydrogen-bond acceptors (Lipinski definition) is 3. The number of aryl methyl sites for hydroxylation is 1. The normalized spacial score (nSPS) is 16.9. The summed E-state index contributed by atoms with van der Waals surface area (Å²) in [7, 11) is 0. The third kappa shape index (κ3) is 5.34. The van der Waals surface area contributed by atoms with Crippen LogP contribution < -0.4 is 5.32 Å². The summed E-state index contributed by atoms with van der Waals surface area (Å²) in [5.41, 5.74) is 5.90. The van der Waals surface area contributed by atoms with Gasteiger partial charge in [0, 0.05) is 17.6 Å². The number of carbonyl (C=O) groups is 1. The maximum absolute atomic E-state index is 11.1. The molecule has 2 atom stereocenters. The Balaban J connectivity index is 1.46. The van der Waals surface area contributed by atoms with Crippen LogP contribution in [0.15, 0.2) is 66.7 Å². The first-order chi connectivity index (χ1) is 15.0. The van der Waals surface area contributed by atoms with Crippen LogP contribution in [0.3, 0.4) is 0 Å². The molecule has 0 spiro atoms. The maximum atomic E-state index is 11.1. The molecular formula is C26H26ClNO3. The number of rotatable bonds is 6. The number of aliphatic hydroxyl groups excluding tert-OH is 1. The van der Waals surface area contributed by atoms with E-state index in [2.05, 4.69) is 23.5 Å². The lowest BCUT2D eigenvalue weighted by Gasteiger charge is -2.20. The van der Waals surface area contributed by atoms with E-state index in [1.807, 2.05) is 24.3 Å². The Kier molecular flexibility index (Phi) is 6.71. The molecule has 3 N–H and O–H groups in total. The Morgan fingerprint density at radius 3 is 2.55 bits per heavy atom. The molecule has 1 aliphatic carbocycles. The SMILES string of the molecule is O=C(O)c1ccc(-c2ccc3c(c2)C[C@@H](NC[C@H](O)c2cccc(Cl)c2)CCC3)cc1. The molecule has 0 saturated carbocycles. The van der Waals surface area contributed by atoms with E-state index < -0.39 is 12.1 Å². The molecule has 0 radical (unpaired) electrons. The lowest BCUT2D eigenvalue weighted by molar-refractivity contribution is 0.0697. The van der Waals surface area contributed by atoms with Crippen molar-refractivity contribution in [3.8, 4) is 11.1 Å². The number of aromatic carboxylic acids is 1. The van der Waals surface area contributed by atoms with Gasteiger partial charge in [-0.25, -0.2) is 4.79 Å². The fourth-order valence-corrected chi connectivity index (χ4v) is 4.43. The summed E-state index contributed by atoms with van der Waals surface area (Å²) in [4.78, 5) is 11.1. The van der Waals surface area contributed by atoms with E-state index in [1.165, 1.54) is 11.1 Å². The van der Waals surface area contributed by atoms with Crippen molar-refractivity contribution in [3.63, 3.8) is 0 Å². The van der Waals surface area contributed by atoms with Gasteiger partial charge >= 0.3 is 5.97 Å². The third-order valence-electron chi connectivity index (χ3n) is 5.97. The van der Waals surface area contributed by atoms with Crippen molar-refractivity contribution in [2.45, 2.75) is 37.8 Å². The lowest BCUT2D eigenvalue weighted by Crippen LogP contribution is -2.34. The van der Waals surface area contributed by atoms with Gasteiger partial charge in [-0.15, -0.1) is 0 Å². The molecule has 0 bridgehead atoms. The van der Waals surface area contributed by atoms with Crippen molar-refractivity contribution in [2.75, 3.05) is 6.54 Å². The monoisotopic (exact) mass is 435 g/mol. The highest BCUT2D eigenvalue weighted by Gasteiger charge is 2.19. The number of carboxylic acids is 1. The Bertz CT molecular complexity index is 1060. The van der Waals surface area contributed by atoms with Crippen LogP contribution in [-0.2, 0) is 12.8 Å². The van der Waals surface area contributed by atoms with Gasteiger partial charge in [-0.2, -0.15) is 0 Å². The molecule has 3 aromatic carbocycles. The first-order valence-electron chi connectivity index (χ1n) is 10.6. The first kappa shape index (κ1) is 21.6. The largest absolute Gasteiger partial charge is 0.478 e. The van der Waals surface area contributed by atoms with Crippen molar-refractivity contribution in [2.24, 2.45) is 0 Å². The van der Waals surface area contributed by atoms with Gasteiger partial charge in [-0.05, 0) is 77.8 Å². The molecule has 31 heavy (non-hydrogen) atoms. The van der Waals surface area contributed by atoms with Crippen molar-refractivity contribution in [1.29, 1.82) is 0 Å². The van der Waals surface area contributed by atoms with Gasteiger partial charge in [0.05, 0.1) is 11.7 Å². The van der Waals surface area contributed by atoms with Crippen LogP contribution in [0.4, 0.5) is 0 Å². The number of carboxylic acid groups (broad SMARTS) is 1. The number of fused-ring (bicyclic) bond motifs is 1. The molecule has 0 amide bonds. The second-order valence-electron chi connectivity index (χ2n) is 8.14. The Morgan fingerprint density at radius 2 is 1.81 bits per heavy atom. The molecule has 0 saturated heterocycles. The van der Waals surface area contributed by atoms with E-state index in [0.29, 0.717) is 23.2 Å². The molecule has 4 rings (SSSR count). The van der Waals surface area contributed by atoms with E-state index >= 15 is 0 Å². The molecule has 0 aliphatic heterocycles. The highest BCUT2D eigenvalue weighted by molar-refractivity contribution is 6.30. The number of nitrogens with one attached hydrogen (secondary N) is 1. The van der Waals surface area contributed by atoms with Gasteiger partial charge in [-0.1, -0.05) is 54.1 Å². The van der Waals surface area contributed by atoms with Crippen molar-refractivity contribution in [1.82, 2.24) is 5.32 Å². The molecule has 3 aromatic rings. The molecule has 0 heterocycles. The Labute approximate surface area is 187 Å². The topological polar surface area (TPSA) is 69.6 Å². The van der Waals surface area contributed by atoms with Crippen molar-refractivity contribution >= 4 is 17.6 Å². The molecule has 1 aliphatic rings. The summed E-state index contributed by atoms with van der Waals surface area (Å²) in [6, 6.07) is 21.2. The number of hydrogen-bond donors (Lipinski definition) is 3. The van der Waals surface area contributed by atoms with E-state index in [-0.39, 0.29) is 0 Å². The van der Waals surface area contributed by atoms with Crippen LogP contribution in [0.25, 0.3) is 11.1 Å². The standard InChI is InChI=1S/C26H26ClNO3/c27-23-5-1-4-21(14-23)25(29)16-28-24-6-2-3-17-9-12-20(13-22(17)15-24)18-7-10-19(11-8-18)26(30)31/h1,4-5,7-14,24-25,28-29H,2-3,6,15-16H2,(H,30,31)/t24-,25-/m0/s1. The highest BCUT2D eigenvalue weighted by Crippen LogP contribution is 2.28. The molecule has 0 fully saturated rings. The molecule has 4 nitrogen and oxygen atoms in total. The van der Waals surface area contributed by atoms with Crippen LogP contribution in [0.5, 0.6) is 0 Å². The highest BCUT2D eigenvalue weighted by atomic mass is 35.5. The zero-order valence-corrected chi connectivity index (χ0v) is 18.0. The summed E-state index contributed by atoms with van der Waals surface area (Å²) < 4.78 is 0. The number of benzene rings is 3. The minimum atomic E-state index is -0.914. The van der Waals surface area contributed by atoms with E-state index in [1.54, 1.807) is 24.3 Å². The Hall–Kier alpha value is -2.66. The zero-order valence-electron chi connectivity index (χ0n) is 17.2. The van der Waals surface area contributed by atoms with Gasteiger partial charge in [0.25, 0.3) is 0 Å². The minimum Gasteiger partial charge on any atom is -0.478 e. The van der Waals surface area contributed by atoms with Gasteiger partial charge < -0.3 is 15.5 Å². The quantitative estimate of drug-likeness (QED) is 0.461. The molecule has 0 unspecified atom stereocenters. The van der Waals surface area contributed by atoms with Gasteiger partial charge in [-0.3, -0.25) is 0 Å². The van der Waals surface area contributed by atoms with Crippen molar-refractivity contribution < 1.29 is 15.0 Å². The van der Waals surface area contributed by atoms with E-state index in [9.17, 15) is 9.90 Å². The predicted octanol–water partition coefficient (Wildman–Crippen LogP) is 5.28. The van der Waals surface area contributed by atoms with E-state index in [4.69, 9.17) is 16.7 Å². The van der Waals surface area contributed by atoms with Gasteiger partial charge in [0.2, 0.25) is 0 Å². The maximum Gasteiger partial charge on any atom is 0.335 e. The van der Waals surface area contributed by atoms with E-state index in [0.717, 1.165) is 42.4 Å². The summed E-state index contributed by atoms with van der Waals surface area (Å²) in [6.45, 7) is 0.483. The average Bonchev–Trinajstić information content (AvgIpc) is 2.98. The summed E-state index contributed by atoms with van der Waals surface area (Å²) >= 11 is 6.04. The number of aliphatic hydroxyl groups is 1. The Morgan fingerprint density at radius 1 is 1.03 bits per heavy atom. The number of halogens is 1. The fourth-order valence-electron chi connectivity index (χ4n) is 4.24. The zero-order chi connectivity index (χ0) is 21.8.